The number of nitrogens with zero attached hydrogens (tertiary/aromatic N) is 4. The Morgan fingerprint density at radius 1 is 1.14 bits per heavy atom. The average molecular weight is 701 g/mol. The van der Waals surface area contributed by atoms with Crippen LogP contribution in [0, 0.1) is 22.6 Å². The summed E-state index contributed by atoms with van der Waals surface area (Å²) < 4.78 is 47.3. The third kappa shape index (κ3) is 10.4. The summed E-state index contributed by atoms with van der Waals surface area (Å²) in [7, 11) is 1.26. The molecule has 4 amide bonds. The molecule has 2 aromatic carbocycles. The lowest BCUT2D eigenvalue weighted by atomic mass is 9.87. The number of ether oxygens (including phenoxy) is 1. The molecule has 11 nitrogen and oxygen atoms in total. The molecule has 1 fully saturated rings. The van der Waals surface area contributed by atoms with Crippen LogP contribution >= 0.6 is 11.6 Å². The Balaban J connectivity index is 2.11. The third-order valence-corrected chi connectivity index (χ3v) is 7.45. The SMILES string of the molecule is C=C/C(C#N)=C\C(=N)N(CC(=O)N(c1cccc(F)c1)[C@H](C(=O)NC1CC(F)(F)C1)c1ccccc1Cl)C(=O)CN(C)C(=O)OC(C)(C)C. The summed E-state index contributed by atoms with van der Waals surface area (Å²) in [5.41, 5.74) is -1.14. The average Bonchev–Trinajstić information content (AvgIpc) is 2.99. The van der Waals surface area contributed by atoms with Crippen molar-refractivity contribution in [1.29, 1.82) is 10.7 Å². The van der Waals surface area contributed by atoms with Crippen molar-refractivity contribution in [2.24, 2.45) is 0 Å². The minimum Gasteiger partial charge on any atom is -0.444 e. The van der Waals surface area contributed by atoms with Crippen LogP contribution in [0.15, 0.2) is 72.8 Å². The largest absolute Gasteiger partial charge is 0.444 e. The maximum absolute atomic E-state index is 14.6. The van der Waals surface area contributed by atoms with Crippen molar-refractivity contribution < 1.29 is 37.1 Å². The Bertz CT molecular complexity index is 1700. The molecule has 0 radical (unpaired) electrons. The molecule has 0 aliphatic heterocycles. The number of likely N-dealkylation sites (N-methyl/N-ethyl adjacent to an activating group) is 1. The van der Waals surface area contributed by atoms with E-state index >= 15 is 0 Å². The highest BCUT2D eigenvalue weighted by Crippen LogP contribution is 2.39. The summed E-state index contributed by atoms with van der Waals surface area (Å²) in [5, 5.41) is 20.6. The van der Waals surface area contributed by atoms with E-state index in [1.807, 2.05) is 0 Å². The fourth-order valence-corrected chi connectivity index (χ4v) is 5.01. The molecule has 1 aliphatic rings. The van der Waals surface area contributed by atoms with Crippen LogP contribution in [-0.4, -0.2) is 77.2 Å². The zero-order valence-electron chi connectivity index (χ0n) is 27.3. The van der Waals surface area contributed by atoms with Gasteiger partial charge in [0, 0.05) is 42.2 Å². The monoisotopic (exact) mass is 700 g/mol. The van der Waals surface area contributed by atoms with Crippen LogP contribution < -0.4 is 10.2 Å². The zero-order valence-corrected chi connectivity index (χ0v) is 28.1. The Labute approximate surface area is 287 Å². The summed E-state index contributed by atoms with van der Waals surface area (Å²) >= 11 is 6.48. The second-order valence-corrected chi connectivity index (χ2v) is 12.7. The lowest BCUT2D eigenvalue weighted by molar-refractivity contribution is -0.134. The van der Waals surface area contributed by atoms with Gasteiger partial charge < -0.3 is 15.0 Å². The number of nitriles is 1. The number of benzene rings is 2. The number of carbonyl (C=O) groups is 4. The van der Waals surface area contributed by atoms with Crippen molar-refractivity contribution >= 4 is 46.9 Å². The van der Waals surface area contributed by atoms with Gasteiger partial charge in [-0.15, -0.1) is 0 Å². The Morgan fingerprint density at radius 2 is 1.80 bits per heavy atom. The van der Waals surface area contributed by atoms with E-state index in [9.17, 15) is 37.6 Å². The number of hydrogen-bond acceptors (Lipinski definition) is 7. The van der Waals surface area contributed by atoms with Gasteiger partial charge in [0.25, 0.3) is 5.92 Å². The van der Waals surface area contributed by atoms with E-state index in [4.69, 9.17) is 21.7 Å². The topological polar surface area (TPSA) is 147 Å². The normalized spacial score (nSPS) is 14.7. The van der Waals surface area contributed by atoms with E-state index in [-0.39, 0.29) is 21.8 Å². The molecular weight excluding hydrogens is 665 g/mol. The Hall–Kier alpha value is -5.16. The molecule has 0 aromatic heterocycles. The summed E-state index contributed by atoms with van der Waals surface area (Å²) in [4.78, 5) is 56.9. The summed E-state index contributed by atoms with van der Waals surface area (Å²) in [6.45, 7) is 6.70. The molecule has 0 bridgehead atoms. The van der Waals surface area contributed by atoms with Gasteiger partial charge >= 0.3 is 6.09 Å². The molecule has 0 spiro atoms. The number of anilines is 1. The van der Waals surface area contributed by atoms with Gasteiger partial charge in [-0.3, -0.25) is 29.6 Å². The second-order valence-electron chi connectivity index (χ2n) is 12.3. The highest BCUT2D eigenvalue weighted by atomic mass is 35.5. The van der Waals surface area contributed by atoms with Gasteiger partial charge in [0.1, 0.15) is 36.4 Å². The molecule has 260 valence electrons. The van der Waals surface area contributed by atoms with Gasteiger partial charge in [-0.2, -0.15) is 5.26 Å². The van der Waals surface area contributed by atoms with Crippen LogP contribution in [0.3, 0.4) is 0 Å². The zero-order chi connectivity index (χ0) is 36.7. The number of halogens is 4. The number of nitrogens with one attached hydrogen (secondary N) is 2. The van der Waals surface area contributed by atoms with Crippen molar-refractivity contribution in [3.63, 3.8) is 0 Å². The summed E-state index contributed by atoms with van der Waals surface area (Å²) in [6.07, 6.45) is -0.0662. The molecule has 49 heavy (non-hydrogen) atoms. The van der Waals surface area contributed by atoms with Crippen molar-refractivity contribution in [2.75, 3.05) is 25.0 Å². The highest BCUT2D eigenvalue weighted by molar-refractivity contribution is 6.31. The molecule has 3 rings (SSSR count). The van der Waals surface area contributed by atoms with Crippen LogP contribution in [0.2, 0.25) is 5.02 Å². The fraction of sp³-hybridized carbons (Fsp3) is 0.353. The first-order chi connectivity index (χ1) is 22.9. The van der Waals surface area contributed by atoms with Crippen molar-refractivity contribution in [1.82, 2.24) is 15.1 Å². The fourth-order valence-electron chi connectivity index (χ4n) is 4.77. The Kier molecular flexibility index (Phi) is 12.4. The summed E-state index contributed by atoms with van der Waals surface area (Å²) in [5.74, 6) is -7.33. The van der Waals surface area contributed by atoms with Gasteiger partial charge in [-0.05, 0) is 51.1 Å². The van der Waals surface area contributed by atoms with Gasteiger partial charge in [-0.1, -0.05) is 48.5 Å². The van der Waals surface area contributed by atoms with E-state index in [1.54, 1.807) is 32.9 Å². The number of hydrogen-bond donors (Lipinski definition) is 2. The van der Waals surface area contributed by atoms with E-state index in [0.29, 0.717) is 4.90 Å². The quantitative estimate of drug-likeness (QED) is 0.132. The molecule has 1 aliphatic carbocycles. The predicted octanol–water partition coefficient (Wildman–Crippen LogP) is 5.78. The first kappa shape index (κ1) is 38.3. The van der Waals surface area contributed by atoms with Crippen LogP contribution in [0.4, 0.5) is 23.7 Å². The number of amidine groups is 1. The number of rotatable bonds is 11. The van der Waals surface area contributed by atoms with Crippen LogP contribution in [0.25, 0.3) is 0 Å². The van der Waals surface area contributed by atoms with Gasteiger partial charge in [0.05, 0.1) is 11.6 Å². The molecule has 1 atom stereocenters. The first-order valence-corrected chi connectivity index (χ1v) is 15.3. The van der Waals surface area contributed by atoms with Crippen LogP contribution in [0.5, 0.6) is 0 Å². The van der Waals surface area contributed by atoms with Gasteiger partial charge in [0.2, 0.25) is 17.7 Å². The number of alkyl halides is 2. The minimum atomic E-state index is -2.98. The third-order valence-electron chi connectivity index (χ3n) is 7.10. The number of carbonyl (C=O) groups excluding carboxylic acids is 4. The van der Waals surface area contributed by atoms with Crippen molar-refractivity contribution in [2.45, 2.75) is 57.2 Å². The molecule has 2 aromatic rings. The number of amides is 4. The van der Waals surface area contributed by atoms with E-state index in [2.05, 4.69) is 11.9 Å². The second kappa shape index (κ2) is 15.8. The van der Waals surface area contributed by atoms with Gasteiger partial charge in [0.15, 0.2) is 0 Å². The molecule has 0 heterocycles. The molecule has 0 unspecified atom stereocenters. The van der Waals surface area contributed by atoms with Crippen molar-refractivity contribution in [3.8, 4) is 6.07 Å². The standard InChI is InChI=1S/C34H36ClF3N6O5/c1-6-21(18-39)14-27(40)43(28(45)19-42(5)32(48)49-33(2,3)4)20-29(46)44(24-11-9-10-22(36)15-24)30(25-12-7-8-13-26(25)35)31(47)41-23-16-34(37,38)17-23/h6-15,23,30,40H,1,16-17,19-20H2,2-5H3,(H,41,47)/b21-14+,40-27?/t30-/m0/s1. The van der Waals surface area contributed by atoms with Crippen LogP contribution in [0.1, 0.15) is 45.2 Å². The summed E-state index contributed by atoms with van der Waals surface area (Å²) in [6, 6.07) is 9.76. The maximum atomic E-state index is 14.6. The molecule has 2 N–H and O–H groups in total. The highest BCUT2D eigenvalue weighted by Gasteiger charge is 2.47. The van der Waals surface area contributed by atoms with Gasteiger partial charge in [-0.25, -0.2) is 18.0 Å². The molecule has 15 heteroatoms. The lowest BCUT2D eigenvalue weighted by Gasteiger charge is -2.38. The van der Waals surface area contributed by atoms with Crippen molar-refractivity contribution in [3.05, 3.63) is 89.2 Å². The van der Waals surface area contributed by atoms with Crippen LogP contribution in [-0.2, 0) is 19.1 Å². The molecule has 0 saturated heterocycles. The smallest absolute Gasteiger partial charge is 0.410 e. The van der Waals surface area contributed by atoms with E-state index in [0.717, 1.165) is 34.1 Å². The maximum Gasteiger partial charge on any atom is 0.410 e. The lowest BCUT2D eigenvalue weighted by Crippen LogP contribution is -2.55. The number of allylic oxidation sites excluding steroid dienone is 2. The van der Waals surface area contributed by atoms with E-state index in [1.165, 1.54) is 37.4 Å². The minimum absolute atomic E-state index is 0.0167. The first-order valence-electron chi connectivity index (χ1n) is 14.9. The van der Waals surface area contributed by atoms with E-state index < -0.39 is 85.0 Å². The predicted molar refractivity (Wildman–Crippen MR) is 176 cm³/mol. The molecular formula is C34H36ClF3N6O5. The molecule has 1 saturated carbocycles. The Morgan fingerprint density at radius 3 is 2.35 bits per heavy atom.